The van der Waals surface area contributed by atoms with Crippen LogP contribution in [-0.2, 0) is 10.5 Å². The third kappa shape index (κ3) is 3.69. The predicted molar refractivity (Wildman–Crippen MR) is 93.1 cm³/mol. The van der Waals surface area contributed by atoms with Gasteiger partial charge in [-0.05, 0) is 30.5 Å². The number of aromatic amines is 1. The second kappa shape index (κ2) is 6.98. The van der Waals surface area contributed by atoms with Crippen LogP contribution in [0.5, 0.6) is 0 Å². The van der Waals surface area contributed by atoms with Gasteiger partial charge in [0.15, 0.2) is 0 Å². The number of carbonyl (C=O) groups excluding carboxylic acids is 1. The first-order chi connectivity index (χ1) is 10.7. The van der Waals surface area contributed by atoms with Crippen LogP contribution in [0.25, 0.3) is 11.0 Å². The smallest absolute Gasteiger partial charge is 0.230 e. The zero-order chi connectivity index (χ0) is 15.4. The number of rotatable bonds is 6. The Hall–Kier alpha value is -1.79. The minimum atomic E-state index is -0.123. The standard InChI is InChI=1S/C16H17N3OS2/c1-11(16-18-13-6-2-3-7-14(13)19-16)17-15(20)10-21-9-12-5-4-8-22-12/h2-8,11H,9-10H2,1H3,(H,17,20)(H,18,19)/t11-/m1/s1. The van der Waals surface area contributed by atoms with E-state index in [1.807, 2.05) is 37.3 Å². The van der Waals surface area contributed by atoms with Gasteiger partial charge >= 0.3 is 0 Å². The lowest BCUT2D eigenvalue weighted by Gasteiger charge is -2.11. The molecule has 22 heavy (non-hydrogen) atoms. The number of hydrogen-bond donors (Lipinski definition) is 2. The topological polar surface area (TPSA) is 57.8 Å². The first-order valence-electron chi connectivity index (χ1n) is 7.06. The van der Waals surface area contributed by atoms with E-state index in [1.165, 1.54) is 4.88 Å². The van der Waals surface area contributed by atoms with E-state index in [9.17, 15) is 4.79 Å². The Kier molecular flexibility index (Phi) is 4.80. The molecule has 4 nitrogen and oxygen atoms in total. The van der Waals surface area contributed by atoms with Crippen LogP contribution in [0.2, 0.25) is 0 Å². The summed E-state index contributed by atoms with van der Waals surface area (Å²) in [6.07, 6.45) is 0. The van der Waals surface area contributed by atoms with E-state index in [2.05, 4.69) is 26.7 Å². The third-order valence-electron chi connectivity index (χ3n) is 3.25. The maximum Gasteiger partial charge on any atom is 0.230 e. The van der Waals surface area contributed by atoms with Crippen LogP contribution in [-0.4, -0.2) is 21.6 Å². The van der Waals surface area contributed by atoms with Crippen molar-refractivity contribution < 1.29 is 4.79 Å². The molecule has 0 saturated carbocycles. The summed E-state index contributed by atoms with van der Waals surface area (Å²) < 4.78 is 0. The molecular formula is C16H17N3OS2. The van der Waals surface area contributed by atoms with Gasteiger partial charge in [0.1, 0.15) is 5.82 Å². The molecule has 3 rings (SSSR count). The lowest BCUT2D eigenvalue weighted by molar-refractivity contribution is -0.119. The Balaban J connectivity index is 1.52. The molecule has 1 aromatic carbocycles. The first kappa shape index (κ1) is 15.1. The van der Waals surface area contributed by atoms with Crippen LogP contribution < -0.4 is 5.32 Å². The van der Waals surface area contributed by atoms with Gasteiger partial charge in [0, 0.05) is 10.6 Å². The fraction of sp³-hybridized carbons (Fsp3) is 0.250. The molecule has 0 radical (unpaired) electrons. The number of thioether (sulfide) groups is 1. The minimum absolute atomic E-state index is 0.0366. The zero-order valence-corrected chi connectivity index (χ0v) is 13.8. The summed E-state index contributed by atoms with van der Waals surface area (Å²) in [4.78, 5) is 21.1. The van der Waals surface area contributed by atoms with Gasteiger partial charge in [-0.3, -0.25) is 4.79 Å². The number of nitrogens with one attached hydrogen (secondary N) is 2. The van der Waals surface area contributed by atoms with Crippen molar-refractivity contribution in [1.82, 2.24) is 15.3 Å². The van der Waals surface area contributed by atoms with Gasteiger partial charge < -0.3 is 10.3 Å². The number of carbonyl (C=O) groups is 1. The molecular weight excluding hydrogens is 314 g/mol. The number of aromatic nitrogens is 2. The number of imidazole rings is 1. The highest BCUT2D eigenvalue weighted by molar-refractivity contribution is 7.99. The van der Waals surface area contributed by atoms with Crippen molar-refractivity contribution in [1.29, 1.82) is 0 Å². The highest BCUT2D eigenvalue weighted by Crippen LogP contribution is 2.18. The summed E-state index contributed by atoms with van der Waals surface area (Å²) in [5, 5.41) is 5.04. The summed E-state index contributed by atoms with van der Waals surface area (Å²) in [7, 11) is 0. The van der Waals surface area contributed by atoms with Gasteiger partial charge in [0.25, 0.3) is 0 Å². The second-order valence-corrected chi connectivity index (χ2v) is 7.02. The Morgan fingerprint density at radius 3 is 3.00 bits per heavy atom. The van der Waals surface area contributed by atoms with E-state index in [0.717, 1.165) is 22.6 Å². The maximum atomic E-state index is 12.0. The number of para-hydroxylation sites is 2. The number of nitrogens with zero attached hydrogens (tertiary/aromatic N) is 1. The molecule has 0 saturated heterocycles. The van der Waals surface area contributed by atoms with E-state index in [1.54, 1.807) is 23.1 Å². The first-order valence-corrected chi connectivity index (χ1v) is 9.10. The molecule has 1 amide bonds. The molecule has 6 heteroatoms. The van der Waals surface area contributed by atoms with Crippen LogP contribution >= 0.6 is 23.1 Å². The lowest BCUT2D eigenvalue weighted by Crippen LogP contribution is -2.28. The van der Waals surface area contributed by atoms with Crippen LogP contribution in [0.1, 0.15) is 23.7 Å². The number of thiophene rings is 1. The number of hydrogen-bond acceptors (Lipinski definition) is 4. The van der Waals surface area contributed by atoms with Gasteiger partial charge in [0.2, 0.25) is 5.91 Å². The van der Waals surface area contributed by atoms with Gasteiger partial charge in [0.05, 0.1) is 22.8 Å². The second-order valence-electron chi connectivity index (χ2n) is 5.00. The predicted octanol–water partition coefficient (Wildman–Crippen LogP) is 3.74. The zero-order valence-electron chi connectivity index (χ0n) is 12.2. The molecule has 0 bridgehead atoms. The molecule has 0 spiro atoms. The van der Waals surface area contributed by atoms with Gasteiger partial charge in [-0.25, -0.2) is 4.98 Å². The highest BCUT2D eigenvalue weighted by Gasteiger charge is 2.13. The third-order valence-corrected chi connectivity index (χ3v) is 5.29. The van der Waals surface area contributed by atoms with Gasteiger partial charge in [-0.15, -0.1) is 23.1 Å². The maximum absolute atomic E-state index is 12.0. The minimum Gasteiger partial charge on any atom is -0.346 e. The summed E-state index contributed by atoms with van der Waals surface area (Å²) in [6.45, 7) is 1.94. The fourth-order valence-electron chi connectivity index (χ4n) is 2.17. The number of benzene rings is 1. The molecule has 2 heterocycles. The molecule has 2 N–H and O–H groups in total. The average molecular weight is 331 g/mol. The van der Waals surface area contributed by atoms with E-state index in [4.69, 9.17) is 0 Å². The van der Waals surface area contributed by atoms with Crippen molar-refractivity contribution in [2.45, 2.75) is 18.7 Å². The molecule has 1 atom stereocenters. The molecule has 0 aliphatic carbocycles. The number of amides is 1. The van der Waals surface area contributed by atoms with Crippen molar-refractivity contribution in [3.05, 3.63) is 52.5 Å². The van der Waals surface area contributed by atoms with E-state index in [0.29, 0.717) is 5.75 Å². The Morgan fingerprint density at radius 2 is 2.23 bits per heavy atom. The summed E-state index contributed by atoms with van der Waals surface area (Å²) in [5.41, 5.74) is 1.91. The van der Waals surface area contributed by atoms with Crippen molar-refractivity contribution in [3.63, 3.8) is 0 Å². The Morgan fingerprint density at radius 1 is 1.36 bits per heavy atom. The quantitative estimate of drug-likeness (QED) is 0.723. The van der Waals surface area contributed by atoms with E-state index < -0.39 is 0 Å². The van der Waals surface area contributed by atoms with E-state index in [-0.39, 0.29) is 11.9 Å². The summed E-state index contributed by atoms with van der Waals surface area (Å²) in [6, 6.07) is 11.9. The summed E-state index contributed by atoms with van der Waals surface area (Å²) >= 11 is 3.35. The van der Waals surface area contributed by atoms with Crippen LogP contribution in [0.15, 0.2) is 41.8 Å². The molecule has 0 aliphatic heterocycles. The van der Waals surface area contributed by atoms with Crippen molar-refractivity contribution in [2.75, 3.05) is 5.75 Å². The van der Waals surface area contributed by atoms with Crippen LogP contribution in [0.3, 0.4) is 0 Å². The van der Waals surface area contributed by atoms with Gasteiger partial charge in [-0.1, -0.05) is 18.2 Å². The van der Waals surface area contributed by atoms with Crippen molar-refractivity contribution in [2.24, 2.45) is 0 Å². The van der Waals surface area contributed by atoms with Crippen molar-refractivity contribution in [3.8, 4) is 0 Å². The lowest BCUT2D eigenvalue weighted by atomic mass is 10.3. The Bertz CT molecular complexity index is 719. The molecule has 3 aromatic rings. The monoisotopic (exact) mass is 331 g/mol. The normalized spacial score (nSPS) is 12.4. The molecule has 0 fully saturated rings. The largest absolute Gasteiger partial charge is 0.346 e. The number of fused-ring (bicyclic) bond motifs is 1. The molecule has 0 aliphatic rings. The molecule has 114 valence electrons. The highest BCUT2D eigenvalue weighted by atomic mass is 32.2. The van der Waals surface area contributed by atoms with Gasteiger partial charge in [-0.2, -0.15) is 0 Å². The molecule has 0 unspecified atom stereocenters. The Labute approximate surface area is 137 Å². The molecule has 2 aromatic heterocycles. The van der Waals surface area contributed by atoms with Crippen LogP contribution in [0, 0.1) is 0 Å². The summed E-state index contributed by atoms with van der Waals surface area (Å²) in [5.74, 6) is 2.17. The van der Waals surface area contributed by atoms with Crippen molar-refractivity contribution >= 4 is 40.0 Å². The fourth-order valence-corrected chi connectivity index (χ4v) is 3.85. The average Bonchev–Trinajstić information content (AvgIpc) is 3.16. The van der Waals surface area contributed by atoms with E-state index >= 15 is 0 Å². The SMILES string of the molecule is C[C@@H](NC(=O)CSCc1cccs1)c1nc2ccccc2[nH]1. The van der Waals surface area contributed by atoms with Crippen LogP contribution in [0.4, 0.5) is 0 Å². The number of H-pyrrole nitrogens is 1.